The average Bonchev–Trinajstić information content (AvgIpc) is 2.17. The fourth-order valence-corrected chi connectivity index (χ4v) is 0.847. The first kappa shape index (κ1) is 3.00. The number of nitrogens with two attached hydrogens (primary N) is 1. The van der Waals surface area contributed by atoms with E-state index in [0.717, 1.165) is 12.8 Å². The third-order valence-corrected chi connectivity index (χ3v) is 1.45. The number of quaternary nitrogens is 1. The van der Waals surface area contributed by atoms with Crippen molar-refractivity contribution >= 4 is 0 Å². The first-order chi connectivity index (χ1) is 8.81. The van der Waals surface area contributed by atoms with Crippen molar-refractivity contribution in [3.63, 3.8) is 0 Å². The lowest BCUT2D eigenvalue weighted by molar-refractivity contribution is -0.870. The first-order valence-corrected chi connectivity index (χ1v) is 3.90. The van der Waals surface area contributed by atoms with Crippen molar-refractivity contribution in [1.29, 1.82) is 0 Å². The topological polar surface area (TPSA) is 26.0 Å². The summed E-state index contributed by atoms with van der Waals surface area (Å²) in [6.07, 6.45) is 2.24. The van der Waals surface area contributed by atoms with Crippen LogP contribution >= 0.6 is 0 Å². The fraction of sp³-hybridized carbons (Fsp3) is 1.00. The quantitative estimate of drug-likeness (QED) is 0.468. The van der Waals surface area contributed by atoms with Crippen molar-refractivity contribution in [3.05, 3.63) is 0 Å². The SMILES string of the molecule is [2H]C([2H])([2H])[N+](CCCCCCN)(C([2H])([2H])[2H])C([2H])([2H])[2H]. The van der Waals surface area contributed by atoms with Crippen LogP contribution in [0.3, 0.4) is 0 Å². The first-order valence-electron chi connectivity index (χ1n) is 8.40. The molecule has 0 saturated heterocycles. The highest BCUT2D eigenvalue weighted by molar-refractivity contribution is 4.42. The maximum absolute atomic E-state index is 7.43. The van der Waals surface area contributed by atoms with Gasteiger partial charge in [-0.25, -0.2) is 0 Å². The molecule has 0 unspecified atom stereocenters. The van der Waals surface area contributed by atoms with Crippen LogP contribution in [0.2, 0.25) is 0 Å². The molecular formula is C9H23N2+. The number of hydrogen-bond acceptors (Lipinski definition) is 1. The molecule has 0 bridgehead atoms. The normalized spacial score (nSPS) is 27.5. The molecule has 0 spiro atoms. The molecule has 0 aromatic heterocycles. The third-order valence-electron chi connectivity index (χ3n) is 1.45. The van der Waals surface area contributed by atoms with Gasteiger partial charge < -0.3 is 10.2 Å². The molecular weight excluding hydrogens is 136 g/mol. The zero-order valence-corrected chi connectivity index (χ0v) is 6.77. The van der Waals surface area contributed by atoms with E-state index in [2.05, 4.69) is 0 Å². The summed E-state index contributed by atoms with van der Waals surface area (Å²) in [5.74, 6) is 0. The fourth-order valence-electron chi connectivity index (χ4n) is 0.847. The van der Waals surface area contributed by atoms with Crippen LogP contribution in [0.15, 0.2) is 0 Å². The Labute approximate surface area is 83.6 Å². The highest BCUT2D eigenvalue weighted by atomic mass is 15.3. The minimum Gasteiger partial charge on any atom is -0.331 e. The Morgan fingerprint density at radius 1 is 1.09 bits per heavy atom. The molecule has 0 saturated carbocycles. The van der Waals surface area contributed by atoms with E-state index in [4.69, 9.17) is 18.1 Å². The lowest BCUT2D eigenvalue weighted by Gasteiger charge is -2.23. The maximum Gasteiger partial charge on any atom is 0.0886 e. The molecule has 11 heavy (non-hydrogen) atoms. The Hall–Kier alpha value is -0.0800. The van der Waals surface area contributed by atoms with E-state index in [1.165, 1.54) is 0 Å². The molecule has 2 heteroatoms. The van der Waals surface area contributed by atoms with E-state index >= 15 is 0 Å². The maximum atomic E-state index is 7.43. The van der Waals surface area contributed by atoms with Crippen molar-refractivity contribution in [2.75, 3.05) is 34.0 Å². The summed E-state index contributed by atoms with van der Waals surface area (Å²) >= 11 is 0. The number of nitrogens with zero attached hydrogens (tertiary/aromatic N) is 1. The van der Waals surface area contributed by atoms with E-state index in [1.807, 2.05) is 0 Å². The van der Waals surface area contributed by atoms with Gasteiger partial charge in [-0.15, -0.1) is 0 Å². The zero-order chi connectivity index (χ0) is 16.2. The minimum atomic E-state index is -3.13. The molecule has 0 amide bonds. The van der Waals surface area contributed by atoms with Gasteiger partial charge in [0.2, 0.25) is 0 Å². The van der Waals surface area contributed by atoms with Crippen LogP contribution in [0.25, 0.3) is 0 Å². The number of hydrogen-bond donors (Lipinski definition) is 1. The van der Waals surface area contributed by atoms with E-state index in [-0.39, 0.29) is 6.42 Å². The lowest BCUT2D eigenvalue weighted by atomic mass is 10.2. The molecule has 0 aromatic carbocycles. The summed E-state index contributed by atoms with van der Waals surface area (Å²) < 4.78 is 65.0. The van der Waals surface area contributed by atoms with Gasteiger partial charge in [0.15, 0.2) is 0 Å². The summed E-state index contributed by atoms with van der Waals surface area (Å²) in [7, 11) is 0. The van der Waals surface area contributed by atoms with Crippen molar-refractivity contribution in [2.45, 2.75) is 25.7 Å². The summed E-state index contributed by atoms with van der Waals surface area (Å²) in [4.78, 5) is 0. The summed E-state index contributed by atoms with van der Waals surface area (Å²) in [5.41, 5.74) is 5.33. The third kappa shape index (κ3) is 9.92. The van der Waals surface area contributed by atoms with Crippen molar-refractivity contribution in [1.82, 2.24) is 0 Å². The van der Waals surface area contributed by atoms with Crippen molar-refractivity contribution in [2.24, 2.45) is 5.73 Å². The van der Waals surface area contributed by atoms with Gasteiger partial charge in [0, 0.05) is 0 Å². The largest absolute Gasteiger partial charge is 0.331 e. The second-order valence-electron chi connectivity index (χ2n) is 2.74. The van der Waals surface area contributed by atoms with Gasteiger partial charge in [0.05, 0.1) is 39.8 Å². The van der Waals surface area contributed by atoms with Gasteiger partial charge in [-0.05, 0) is 25.8 Å². The summed E-state index contributed by atoms with van der Waals surface area (Å²) in [6, 6.07) is 0. The van der Waals surface area contributed by atoms with Gasteiger partial charge >= 0.3 is 0 Å². The Kier molecular flexibility index (Phi) is 1.52. The molecule has 0 heterocycles. The molecule has 0 aliphatic rings. The standard InChI is InChI=1S/C9H23N2/c1-11(2,3)9-7-5-4-6-8-10/h4-10H2,1-3H3/q+1/i1D3,2D3,3D3. The highest BCUT2D eigenvalue weighted by Crippen LogP contribution is 2.01. The van der Waals surface area contributed by atoms with Crippen molar-refractivity contribution in [3.8, 4) is 0 Å². The Morgan fingerprint density at radius 3 is 2.27 bits per heavy atom. The molecule has 0 atom stereocenters. The summed E-state index contributed by atoms with van der Waals surface area (Å²) in [6.45, 7) is -9.34. The van der Waals surface area contributed by atoms with E-state index < -0.39 is 32.0 Å². The molecule has 2 N–H and O–H groups in total. The monoisotopic (exact) mass is 168 g/mol. The predicted octanol–water partition coefficient (Wildman–Crippen LogP) is 1.21. The van der Waals surface area contributed by atoms with Crippen LogP contribution in [0, 0.1) is 0 Å². The zero-order valence-electron chi connectivity index (χ0n) is 15.8. The van der Waals surface area contributed by atoms with Crippen LogP contribution in [-0.4, -0.2) is 38.5 Å². The smallest absolute Gasteiger partial charge is 0.0886 e. The van der Waals surface area contributed by atoms with Crippen LogP contribution in [0.5, 0.6) is 0 Å². The van der Waals surface area contributed by atoms with Crippen LogP contribution in [-0.2, 0) is 0 Å². The molecule has 68 valence electrons. The second kappa shape index (κ2) is 5.56. The minimum absolute atomic E-state index is 0.217. The Balaban J connectivity index is 5.25. The molecule has 0 aliphatic carbocycles. The number of unbranched alkanes of at least 4 members (excludes halogenated alkanes) is 3. The lowest BCUT2D eigenvalue weighted by Crippen LogP contribution is -2.35. The average molecular weight is 168 g/mol. The van der Waals surface area contributed by atoms with Crippen LogP contribution in [0.4, 0.5) is 0 Å². The molecule has 0 aromatic rings. The van der Waals surface area contributed by atoms with Crippen molar-refractivity contribution < 1.29 is 16.8 Å². The Bertz CT molecular complexity index is 255. The molecule has 0 radical (unpaired) electrons. The highest BCUT2D eigenvalue weighted by Gasteiger charge is 2.04. The van der Waals surface area contributed by atoms with Crippen LogP contribution < -0.4 is 5.73 Å². The van der Waals surface area contributed by atoms with E-state index in [9.17, 15) is 0 Å². The molecule has 0 rings (SSSR count). The van der Waals surface area contributed by atoms with Gasteiger partial charge in [-0.3, -0.25) is 0 Å². The van der Waals surface area contributed by atoms with Gasteiger partial charge in [0.1, 0.15) is 0 Å². The van der Waals surface area contributed by atoms with Crippen LogP contribution in [0.1, 0.15) is 38.0 Å². The van der Waals surface area contributed by atoms with E-state index in [1.54, 1.807) is 0 Å². The predicted molar refractivity (Wildman–Crippen MR) is 50.4 cm³/mol. The van der Waals surface area contributed by atoms with E-state index in [0.29, 0.717) is 13.0 Å². The number of rotatable bonds is 6. The van der Waals surface area contributed by atoms with Gasteiger partial charge in [0.25, 0.3) is 0 Å². The van der Waals surface area contributed by atoms with Gasteiger partial charge in [-0.1, -0.05) is 6.42 Å². The molecule has 2 nitrogen and oxygen atoms in total. The molecule has 0 fully saturated rings. The van der Waals surface area contributed by atoms with Gasteiger partial charge in [-0.2, -0.15) is 0 Å². The summed E-state index contributed by atoms with van der Waals surface area (Å²) in [5, 5.41) is 0. The molecule has 0 aliphatic heterocycles. The Morgan fingerprint density at radius 2 is 1.73 bits per heavy atom. The second-order valence-corrected chi connectivity index (χ2v) is 2.74.